The molecule has 2 aromatic rings. The van der Waals surface area contributed by atoms with Crippen LogP contribution in [0.4, 0.5) is 10.2 Å². The zero-order valence-corrected chi connectivity index (χ0v) is 12.1. The van der Waals surface area contributed by atoms with E-state index in [1.807, 2.05) is 0 Å². The number of halogens is 1. The molecule has 2 N–H and O–H groups in total. The van der Waals surface area contributed by atoms with Gasteiger partial charge in [-0.2, -0.15) is 0 Å². The van der Waals surface area contributed by atoms with Gasteiger partial charge in [-0.3, -0.25) is 0 Å². The molecule has 1 aromatic carbocycles. The molecule has 2 rings (SSSR count). The number of benzene rings is 1. The van der Waals surface area contributed by atoms with Crippen LogP contribution >= 0.6 is 0 Å². The van der Waals surface area contributed by atoms with E-state index in [9.17, 15) is 9.18 Å². The Morgan fingerprint density at radius 2 is 2.00 bits per heavy atom. The van der Waals surface area contributed by atoms with E-state index in [2.05, 4.69) is 9.97 Å². The van der Waals surface area contributed by atoms with E-state index < -0.39 is 5.97 Å². The van der Waals surface area contributed by atoms with Gasteiger partial charge in [0, 0.05) is 5.56 Å². The van der Waals surface area contributed by atoms with Crippen LogP contribution in [-0.2, 0) is 4.74 Å². The van der Waals surface area contributed by atoms with Crippen molar-refractivity contribution in [3.05, 3.63) is 40.8 Å². The Morgan fingerprint density at radius 3 is 2.57 bits per heavy atom. The van der Waals surface area contributed by atoms with Gasteiger partial charge < -0.3 is 10.5 Å². The molecule has 0 spiro atoms. The number of nitrogens with zero attached hydrogens (tertiary/aromatic N) is 2. The van der Waals surface area contributed by atoms with Crippen molar-refractivity contribution in [2.45, 2.75) is 20.8 Å². The van der Waals surface area contributed by atoms with E-state index in [0.717, 1.165) is 5.56 Å². The molecule has 1 heterocycles. The van der Waals surface area contributed by atoms with E-state index in [0.29, 0.717) is 11.3 Å². The molecule has 110 valence electrons. The summed E-state index contributed by atoms with van der Waals surface area (Å²) in [5.74, 6) is -0.632. The van der Waals surface area contributed by atoms with Crippen molar-refractivity contribution in [3.63, 3.8) is 0 Å². The normalized spacial score (nSPS) is 10.5. The number of ether oxygens (including phenoxy) is 1. The third-order valence-corrected chi connectivity index (χ3v) is 2.90. The number of anilines is 1. The lowest BCUT2D eigenvalue weighted by atomic mass is 10.1. The molecule has 0 amide bonds. The molecule has 0 saturated carbocycles. The predicted octanol–water partition coefficient (Wildman–Crippen LogP) is 2.66. The van der Waals surface area contributed by atoms with Crippen LogP contribution in [-0.4, -0.2) is 22.5 Å². The zero-order chi connectivity index (χ0) is 15.6. The topological polar surface area (TPSA) is 78.1 Å². The first-order valence-corrected chi connectivity index (χ1v) is 6.51. The largest absolute Gasteiger partial charge is 0.462 e. The van der Waals surface area contributed by atoms with Gasteiger partial charge in [-0.25, -0.2) is 19.2 Å². The number of hydrogen-bond donors (Lipinski definition) is 1. The van der Waals surface area contributed by atoms with Gasteiger partial charge in [0.15, 0.2) is 5.82 Å². The van der Waals surface area contributed by atoms with E-state index >= 15 is 0 Å². The smallest absolute Gasteiger partial charge is 0.343 e. The molecule has 21 heavy (non-hydrogen) atoms. The molecule has 0 saturated heterocycles. The fourth-order valence-electron chi connectivity index (χ4n) is 2.05. The quantitative estimate of drug-likeness (QED) is 0.879. The van der Waals surface area contributed by atoms with Crippen molar-refractivity contribution in [1.82, 2.24) is 9.97 Å². The molecule has 0 unspecified atom stereocenters. The Bertz CT molecular complexity index is 658. The second kappa shape index (κ2) is 5.87. The van der Waals surface area contributed by atoms with Crippen molar-refractivity contribution in [1.29, 1.82) is 0 Å². The third kappa shape index (κ3) is 3.16. The van der Waals surface area contributed by atoms with Crippen molar-refractivity contribution in [3.8, 4) is 11.4 Å². The summed E-state index contributed by atoms with van der Waals surface area (Å²) in [5.41, 5.74) is 7.63. The molecule has 0 aliphatic carbocycles. The van der Waals surface area contributed by atoms with Crippen molar-refractivity contribution < 1.29 is 13.9 Å². The van der Waals surface area contributed by atoms with Gasteiger partial charge >= 0.3 is 5.97 Å². The lowest BCUT2D eigenvalue weighted by Crippen LogP contribution is -2.13. The summed E-state index contributed by atoms with van der Waals surface area (Å²) >= 11 is 0. The molecule has 0 aliphatic rings. The SMILES string of the molecule is CCOC(=O)c1c(C)nc(-c2cc(C)cc(F)c2)nc1N. The highest BCUT2D eigenvalue weighted by Crippen LogP contribution is 2.23. The van der Waals surface area contributed by atoms with Gasteiger partial charge in [-0.1, -0.05) is 0 Å². The number of carbonyl (C=O) groups is 1. The second-order valence-corrected chi connectivity index (χ2v) is 4.63. The first-order chi connectivity index (χ1) is 9.92. The van der Waals surface area contributed by atoms with E-state index in [1.165, 1.54) is 12.1 Å². The van der Waals surface area contributed by atoms with E-state index in [4.69, 9.17) is 10.5 Å². The zero-order valence-electron chi connectivity index (χ0n) is 12.1. The third-order valence-electron chi connectivity index (χ3n) is 2.90. The highest BCUT2D eigenvalue weighted by Gasteiger charge is 2.18. The molecule has 1 aromatic heterocycles. The van der Waals surface area contributed by atoms with Crippen LogP contribution in [0.5, 0.6) is 0 Å². The van der Waals surface area contributed by atoms with Crippen LogP contribution in [0.3, 0.4) is 0 Å². The highest BCUT2D eigenvalue weighted by molar-refractivity contribution is 5.95. The van der Waals surface area contributed by atoms with Crippen LogP contribution in [0.25, 0.3) is 11.4 Å². The molecular weight excluding hydrogens is 273 g/mol. The second-order valence-electron chi connectivity index (χ2n) is 4.63. The van der Waals surface area contributed by atoms with Gasteiger partial charge in [0.2, 0.25) is 0 Å². The first-order valence-electron chi connectivity index (χ1n) is 6.51. The Balaban J connectivity index is 2.51. The highest BCUT2D eigenvalue weighted by atomic mass is 19.1. The predicted molar refractivity (Wildman–Crippen MR) is 77.3 cm³/mol. The molecular formula is C15H16FN3O2. The Kier molecular flexibility index (Phi) is 4.16. The van der Waals surface area contributed by atoms with E-state index in [1.54, 1.807) is 26.8 Å². The average Bonchev–Trinajstić information content (AvgIpc) is 2.36. The monoisotopic (exact) mass is 289 g/mol. The lowest BCUT2D eigenvalue weighted by molar-refractivity contribution is 0.0526. The molecule has 0 radical (unpaired) electrons. The Hall–Kier alpha value is -2.50. The number of nitrogen functional groups attached to an aromatic ring is 1. The first kappa shape index (κ1) is 14.9. The number of aromatic nitrogens is 2. The van der Waals surface area contributed by atoms with Gasteiger partial charge in [0.1, 0.15) is 17.2 Å². The lowest BCUT2D eigenvalue weighted by Gasteiger charge is -2.10. The number of nitrogens with two attached hydrogens (primary N) is 1. The molecule has 0 aliphatic heterocycles. The number of rotatable bonds is 3. The minimum absolute atomic E-state index is 0.0258. The summed E-state index contributed by atoms with van der Waals surface area (Å²) in [6.45, 7) is 5.35. The molecule has 0 atom stereocenters. The van der Waals surface area contributed by atoms with Gasteiger partial charge in [0.05, 0.1) is 12.3 Å². The number of carbonyl (C=O) groups excluding carboxylic acids is 1. The fraction of sp³-hybridized carbons (Fsp3) is 0.267. The van der Waals surface area contributed by atoms with Crippen LogP contribution < -0.4 is 5.73 Å². The van der Waals surface area contributed by atoms with Crippen LogP contribution in [0, 0.1) is 19.7 Å². The summed E-state index contributed by atoms with van der Waals surface area (Å²) in [6.07, 6.45) is 0. The number of esters is 1. The van der Waals surface area contributed by atoms with Gasteiger partial charge in [-0.15, -0.1) is 0 Å². The van der Waals surface area contributed by atoms with E-state index in [-0.39, 0.29) is 29.6 Å². The maximum Gasteiger partial charge on any atom is 0.343 e. The maximum absolute atomic E-state index is 13.5. The minimum Gasteiger partial charge on any atom is -0.462 e. The van der Waals surface area contributed by atoms with Crippen LogP contribution in [0.2, 0.25) is 0 Å². The number of hydrogen-bond acceptors (Lipinski definition) is 5. The fourth-order valence-corrected chi connectivity index (χ4v) is 2.05. The average molecular weight is 289 g/mol. The molecule has 5 nitrogen and oxygen atoms in total. The molecule has 0 bridgehead atoms. The maximum atomic E-state index is 13.5. The van der Waals surface area contributed by atoms with Crippen molar-refractivity contribution in [2.75, 3.05) is 12.3 Å². The summed E-state index contributed by atoms with van der Waals surface area (Å²) in [5, 5.41) is 0. The summed E-state index contributed by atoms with van der Waals surface area (Å²) in [6, 6.07) is 4.49. The standard InChI is InChI=1S/C15H16FN3O2/c1-4-21-15(20)12-9(3)18-14(19-13(12)17)10-5-8(2)6-11(16)7-10/h5-7H,4H2,1-3H3,(H2,17,18,19). The minimum atomic E-state index is -0.561. The summed E-state index contributed by atoms with van der Waals surface area (Å²) in [7, 11) is 0. The van der Waals surface area contributed by atoms with Crippen LogP contribution in [0.15, 0.2) is 18.2 Å². The molecule has 6 heteroatoms. The number of aryl methyl sites for hydroxylation is 2. The summed E-state index contributed by atoms with van der Waals surface area (Å²) in [4.78, 5) is 20.1. The van der Waals surface area contributed by atoms with Crippen molar-refractivity contribution >= 4 is 11.8 Å². The Morgan fingerprint density at radius 1 is 1.29 bits per heavy atom. The summed E-state index contributed by atoms with van der Waals surface area (Å²) < 4.78 is 18.4. The van der Waals surface area contributed by atoms with Gasteiger partial charge in [-0.05, 0) is 44.5 Å². The Labute approximate surface area is 122 Å². The van der Waals surface area contributed by atoms with Crippen LogP contribution in [0.1, 0.15) is 28.5 Å². The van der Waals surface area contributed by atoms with Gasteiger partial charge in [0.25, 0.3) is 0 Å². The van der Waals surface area contributed by atoms with Crippen molar-refractivity contribution in [2.24, 2.45) is 0 Å². The molecule has 0 fully saturated rings.